The van der Waals surface area contributed by atoms with Crippen molar-refractivity contribution in [3.63, 3.8) is 0 Å². The van der Waals surface area contributed by atoms with Gasteiger partial charge < -0.3 is 15.5 Å². The highest BCUT2D eigenvalue weighted by Crippen LogP contribution is 2.47. The summed E-state index contributed by atoms with van der Waals surface area (Å²) in [6, 6.07) is 10.7. The molecule has 5 rings (SSSR count). The van der Waals surface area contributed by atoms with Crippen LogP contribution in [0.15, 0.2) is 63.4 Å². The molecule has 0 aliphatic heterocycles. The molecular formula is C25H24N4O6S. The SMILES string of the molecule is Cc1ccc(S(=O)(=O)c2c(-c3ccc(N)c([N+](=O)[O-])c3OCC3CC3)c3cc[nH]c3c(=O)n2C)cc1. The van der Waals surface area contributed by atoms with Gasteiger partial charge in [-0.2, -0.15) is 0 Å². The molecule has 1 fully saturated rings. The van der Waals surface area contributed by atoms with Gasteiger partial charge in [-0.1, -0.05) is 17.7 Å². The van der Waals surface area contributed by atoms with E-state index in [1.807, 2.05) is 6.92 Å². The highest BCUT2D eigenvalue weighted by Gasteiger charge is 2.34. The number of H-pyrrole nitrogens is 1. The minimum atomic E-state index is -4.24. The number of nitro benzene ring substituents is 1. The topological polar surface area (TPSA) is 150 Å². The molecule has 1 aliphatic rings. The summed E-state index contributed by atoms with van der Waals surface area (Å²) in [7, 11) is -2.88. The molecule has 0 saturated heterocycles. The molecule has 2 aromatic carbocycles. The molecule has 0 bridgehead atoms. The fourth-order valence-corrected chi connectivity index (χ4v) is 5.95. The predicted octanol–water partition coefficient (Wildman–Crippen LogP) is 3.95. The van der Waals surface area contributed by atoms with Gasteiger partial charge in [-0.3, -0.25) is 19.5 Å². The maximum Gasteiger partial charge on any atom is 0.334 e. The minimum Gasteiger partial charge on any atom is -0.486 e. The molecule has 2 heterocycles. The lowest BCUT2D eigenvalue weighted by atomic mass is 10.0. The number of aryl methyl sites for hydroxylation is 1. The Kier molecular flexibility index (Phi) is 5.59. The maximum atomic E-state index is 14.0. The third kappa shape index (κ3) is 3.81. The van der Waals surface area contributed by atoms with Gasteiger partial charge in [0.25, 0.3) is 5.56 Å². The smallest absolute Gasteiger partial charge is 0.334 e. The average Bonchev–Trinajstić information content (AvgIpc) is 3.53. The van der Waals surface area contributed by atoms with Gasteiger partial charge in [-0.25, -0.2) is 8.42 Å². The van der Waals surface area contributed by atoms with E-state index < -0.39 is 26.0 Å². The number of ether oxygens (including phenoxy) is 1. The summed E-state index contributed by atoms with van der Waals surface area (Å²) in [4.78, 5) is 27.4. The molecule has 11 heteroatoms. The van der Waals surface area contributed by atoms with E-state index in [2.05, 4.69) is 4.98 Å². The van der Waals surface area contributed by atoms with Crippen molar-refractivity contribution in [2.75, 3.05) is 12.3 Å². The summed E-state index contributed by atoms with van der Waals surface area (Å²) in [5.41, 5.74) is 6.21. The summed E-state index contributed by atoms with van der Waals surface area (Å²) in [5, 5.41) is 12.0. The van der Waals surface area contributed by atoms with Crippen LogP contribution in [0.25, 0.3) is 22.0 Å². The van der Waals surface area contributed by atoms with E-state index >= 15 is 0 Å². The third-order valence-electron chi connectivity index (χ3n) is 6.41. The van der Waals surface area contributed by atoms with Gasteiger partial charge in [-0.15, -0.1) is 0 Å². The summed E-state index contributed by atoms with van der Waals surface area (Å²) >= 11 is 0. The zero-order valence-electron chi connectivity index (χ0n) is 19.6. The molecule has 0 amide bonds. The number of aromatic amines is 1. The number of sulfone groups is 1. The Hall–Kier alpha value is -4.12. The number of nitrogens with one attached hydrogen (secondary N) is 1. The molecule has 0 unspecified atom stereocenters. The molecule has 2 aromatic heterocycles. The highest BCUT2D eigenvalue weighted by molar-refractivity contribution is 7.91. The van der Waals surface area contributed by atoms with Crippen LogP contribution in [0.2, 0.25) is 0 Å². The number of aromatic nitrogens is 2. The average molecular weight is 509 g/mol. The second-order valence-corrected chi connectivity index (χ2v) is 10.9. The summed E-state index contributed by atoms with van der Waals surface area (Å²) in [5.74, 6) is 0.149. The Bertz CT molecular complexity index is 1680. The van der Waals surface area contributed by atoms with E-state index in [9.17, 15) is 23.3 Å². The van der Waals surface area contributed by atoms with Crippen molar-refractivity contribution in [2.24, 2.45) is 13.0 Å². The van der Waals surface area contributed by atoms with Gasteiger partial charge in [-0.05, 0) is 56.0 Å². The molecule has 4 aromatic rings. The van der Waals surface area contributed by atoms with Crippen molar-refractivity contribution in [3.8, 4) is 16.9 Å². The van der Waals surface area contributed by atoms with E-state index in [1.54, 1.807) is 18.2 Å². The number of hydrogen-bond acceptors (Lipinski definition) is 7. The predicted molar refractivity (Wildman–Crippen MR) is 135 cm³/mol. The first kappa shape index (κ1) is 23.6. The first-order chi connectivity index (χ1) is 17.1. The van der Waals surface area contributed by atoms with Crippen molar-refractivity contribution < 1.29 is 18.1 Å². The Labute approximate surface area is 206 Å². The monoisotopic (exact) mass is 508 g/mol. The largest absolute Gasteiger partial charge is 0.486 e. The van der Waals surface area contributed by atoms with Crippen molar-refractivity contribution in [3.05, 3.63) is 74.7 Å². The van der Waals surface area contributed by atoms with Crippen molar-refractivity contribution in [1.82, 2.24) is 9.55 Å². The molecule has 0 atom stereocenters. The Morgan fingerprint density at radius 3 is 2.50 bits per heavy atom. The van der Waals surface area contributed by atoms with Gasteiger partial charge in [0, 0.05) is 29.8 Å². The number of benzene rings is 2. The molecule has 3 N–H and O–H groups in total. The normalized spacial score (nSPS) is 13.7. The number of hydrogen-bond donors (Lipinski definition) is 2. The van der Waals surface area contributed by atoms with Crippen LogP contribution in [0.4, 0.5) is 11.4 Å². The first-order valence-electron chi connectivity index (χ1n) is 11.3. The van der Waals surface area contributed by atoms with Crippen LogP contribution in [0.1, 0.15) is 18.4 Å². The van der Waals surface area contributed by atoms with Crippen LogP contribution >= 0.6 is 0 Å². The number of fused-ring (bicyclic) bond motifs is 1. The molecule has 0 spiro atoms. The van der Waals surface area contributed by atoms with Gasteiger partial charge in [0.1, 0.15) is 11.2 Å². The standard InChI is InChI=1S/C25H24N4O6S/c1-14-3-7-16(8-4-14)36(33,34)25-20(17-11-12-27-21(17)24(30)28(25)2)18-9-10-19(26)22(29(31)32)23(18)35-13-15-5-6-15/h3-4,7-12,15,27H,5-6,13,26H2,1-2H3. The van der Waals surface area contributed by atoms with Crippen LogP contribution in [-0.2, 0) is 16.9 Å². The molecule has 186 valence electrons. The third-order valence-corrected chi connectivity index (χ3v) is 8.29. The number of nitro groups is 1. The van der Waals surface area contributed by atoms with Gasteiger partial charge >= 0.3 is 5.69 Å². The zero-order chi connectivity index (χ0) is 25.8. The Morgan fingerprint density at radius 2 is 1.86 bits per heavy atom. The lowest BCUT2D eigenvalue weighted by molar-refractivity contribution is -0.384. The molecular weight excluding hydrogens is 484 g/mol. The van der Waals surface area contributed by atoms with Crippen molar-refractivity contribution >= 4 is 32.1 Å². The summed E-state index contributed by atoms with van der Waals surface area (Å²) in [6.45, 7) is 2.07. The van der Waals surface area contributed by atoms with Gasteiger partial charge in [0.15, 0.2) is 5.03 Å². The van der Waals surface area contributed by atoms with Crippen LogP contribution in [0, 0.1) is 23.0 Å². The Morgan fingerprint density at radius 1 is 1.17 bits per heavy atom. The van der Waals surface area contributed by atoms with Crippen LogP contribution in [0.5, 0.6) is 5.75 Å². The first-order valence-corrected chi connectivity index (χ1v) is 12.8. The lowest BCUT2D eigenvalue weighted by Gasteiger charge is -2.19. The lowest BCUT2D eigenvalue weighted by Crippen LogP contribution is -2.25. The number of pyridine rings is 1. The summed E-state index contributed by atoms with van der Waals surface area (Å²) in [6.07, 6.45) is 3.41. The van der Waals surface area contributed by atoms with E-state index in [1.165, 1.54) is 37.5 Å². The molecule has 36 heavy (non-hydrogen) atoms. The highest BCUT2D eigenvalue weighted by atomic mass is 32.2. The number of anilines is 1. The fraction of sp³-hybridized carbons (Fsp3) is 0.240. The maximum absolute atomic E-state index is 14.0. The number of nitrogens with zero attached hydrogens (tertiary/aromatic N) is 2. The van der Waals surface area contributed by atoms with Crippen LogP contribution in [-0.4, -0.2) is 29.5 Å². The van der Waals surface area contributed by atoms with E-state index in [-0.39, 0.29) is 50.5 Å². The Balaban J connectivity index is 1.89. The van der Waals surface area contributed by atoms with Gasteiger partial charge in [0.2, 0.25) is 15.6 Å². The molecule has 0 radical (unpaired) electrons. The quantitative estimate of drug-likeness (QED) is 0.218. The van der Waals surface area contributed by atoms with E-state index in [4.69, 9.17) is 10.5 Å². The van der Waals surface area contributed by atoms with Crippen molar-refractivity contribution in [2.45, 2.75) is 29.7 Å². The fourth-order valence-electron chi connectivity index (χ4n) is 4.30. The number of nitrogens with two attached hydrogens (primary N) is 1. The second-order valence-electron chi connectivity index (χ2n) is 9.02. The second kappa shape index (κ2) is 8.52. The summed E-state index contributed by atoms with van der Waals surface area (Å²) < 4.78 is 35.0. The molecule has 1 saturated carbocycles. The van der Waals surface area contributed by atoms with Crippen LogP contribution < -0.4 is 16.0 Å². The van der Waals surface area contributed by atoms with E-state index in [0.717, 1.165) is 23.0 Å². The number of rotatable bonds is 7. The molecule has 10 nitrogen and oxygen atoms in total. The van der Waals surface area contributed by atoms with Crippen LogP contribution in [0.3, 0.4) is 0 Å². The van der Waals surface area contributed by atoms with Crippen molar-refractivity contribution in [1.29, 1.82) is 0 Å². The number of nitrogen functional groups attached to an aromatic ring is 1. The van der Waals surface area contributed by atoms with E-state index in [0.29, 0.717) is 5.39 Å². The minimum absolute atomic E-state index is 0.00960. The molecule has 1 aliphatic carbocycles. The van der Waals surface area contributed by atoms with Gasteiger partial charge in [0.05, 0.1) is 16.4 Å². The zero-order valence-corrected chi connectivity index (χ0v) is 20.5.